The minimum Gasteiger partial charge on any atom is -0.310 e. The van der Waals surface area contributed by atoms with E-state index in [-0.39, 0.29) is 0 Å². The number of benzene rings is 9. The second-order valence-corrected chi connectivity index (χ2v) is 16.4. The van der Waals surface area contributed by atoms with E-state index < -0.39 is 10.8 Å². The van der Waals surface area contributed by atoms with Gasteiger partial charge in [-0.2, -0.15) is 0 Å². The summed E-state index contributed by atoms with van der Waals surface area (Å²) in [5, 5.41) is 1.14. The number of hydrogen-bond donors (Lipinski definition) is 0. The third-order valence-electron chi connectivity index (χ3n) is 13.1. The molecule has 3 aliphatic rings. The zero-order valence-corrected chi connectivity index (χ0v) is 33.0. The molecule has 1 atom stereocenters. The molecule has 0 aromatic heterocycles. The Kier molecular flexibility index (Phi) is 7.25. The summed E-state index contributed by atoms with van der Waals surface area (Å²) in [7, 11) is 3.03. The molecule has 0 N–H and O–H groups in total. The molecule has 272 valence electrons. The smallest absolute Gasteiger partial charge is 0.0726 e. The van der Waals surface area contributed by atoms with Gasteiger partial charge in [-0.3, -0.25) is 0 Å². The molecule has 0 saturated heterocycles. The van der Waals surface area contributed by atoms with Gasteiger partial charge in [-0.05, 0) is 114 Å². The van der Waals surface area contributed by atoms with E-state index in [2.05, 4.69) is 233 Å². The van der Waals surface area contributed by atoms with Crippen molar-refractivity contribution in [2.24, 2.45) is 0 Å². The van der Waals surface area contributed by atoms with Crippen molar-refractivity contribution in [2.45, 2.75) is 10.8 Å². The molecule has 1 spiro atoms. The first-order chi connectivity index (χ1) is 28.7. The lowest BCUT2D eigenvalue weighted by molar-refractivity contribution is 0.768. The van der Waals surface area contributed by atoms with Crippen molar-refractivity contribution in [1.29, 1.82) is 0 Å². The highest BCUT2D eigenvalue weighted by molar-refractivity contribution is 7.28. The van der Waals surface area contributed by atoms with Crippen molar-refractivity contribution in [3.8, 4) is 33.4 Å². The first-order valence-electron chi connectivity index (χ1n) is 20.1. The topological polar surface area (TPSA) is 3.24 Å². The summed E-state index contributed by atoms with van der Waals surface area (Å²) in [5.74, 6) is 0. The van der Waals surface area contributed by atoms with Gasteiger partial charge in [0.1, 0.15) is 0 Å². The summed E-state index contributed by atoms with van der Waals surface area (Å²) >= 11 is 0. The van der Waals surface area contributed by atoms with Gasteiger partial charge in [-0.1, -0.05) is 188 Å². The fourth-order valence-corrected chi connectivity index (χ4v) is 11.2. The van der Waals surface area contributed by atoms with Crippen LogP contribution < -0.4 is 10.2 Å². The number of hydrogen-bond acceptors (Lipinski definition) is 1. The Morgan fingerprint density at radius 2 is 0.638 bits per heavy atom. The summed E-state index contributed by atoms with van der Waals surface area (Å²) in [6, 6.07) is 81.5. The van der Waals surface area contributed by atoms with E-state index in [9.17, 15) is 0 Å². The summed E-state index contributed by atoms with van der Waals surface area (Å²) in [5.41, 5.74) is 20.7. The lowest BCUT2D eigenvalue weighted by atomic mass is 9.67. The van der Waals surface area contributed by atoms with Crippen LogP contribution in [0.5, 0.6) is 0 Å². The molecular weight excluding hydrogens is 718 g/mol. The van der Waals surface area contributed by atoms with Gasteiger partial charge < -0.3 is 4.90 Å². The van der Waals surface area contributed by atoms with Crippen LogP contribution in [-0.2, 0) is 10.8 Å². The van der Waals surface area contributed by atoms with Gasteiger partial charge >= 0.3 is 0 Å². The summed E-state index contributed by atoms with van der Waals surface area (Å²) in [6.07, 6.45) is 0. The van der Waals surface area contributed by atoms with Crippen LogP contribution in [-0.4, -0.2) is 0 Å². The number of rotatable bonds is 5. The molecular formula is C56H38NP. The van der Waals surface area contributed by atoms with Gasteiger partial charge in [-0.15, -0.1) is 9.24 Å². The zero-order valence-electron chi connectivity index (χ0n) is 31.8. The normalized spacial score (nSPS) is 14.2. The molecule has 0 fully saturated rings. The minimum atomic E-state index is -0.502. The standard InChI is InChI=1S/C56H38NP/c58-54-30-16-15-29-53(54)57(39-31-33-45-43-23-7-11-25-47(43)55(51(45)35-39,37-17-3-1-4-18-37)38-19-5-2-6-20-38)40-32-34-46-44-24-10-14-28-50(44)56(52(46)36-40)48-26-12-8-21-41(48)42-22-9-13-27-49(42)56/h1-36H,58H2. The molecule has 1 nitrogen and oxygen atoms in total. The maximum Gasteiger partial charge on any atom is 0.0726 e. The maximum atomic E-state index is 3.03. The third-order valence-corrected chi connectivity index (χ3v) is 13.6. The Morgan fingerprint density at radius 1 is 0.293 bits per heavy atom. The van der Waals surface area contributed by atoms with E-state index in [1.165, 1.54) is 77.9 Å². The lowest BCUT2D eigenvalue weighted by Crippen LogP contribution is -2.29. The van der Waals surface area contributed by atoms with E-state index >= 15 is 0 Å². The van der Waals surface area contributed by atoms with Crippen molar-refractivity contribution < 1.29 is 0 Å². The monoisotopic (exact) mass is 755 g/mol. The van der Waals surface area contributed by atoms with Crippen LogP contribution in [0.1, 0.15) is 44.5 Å². The number of para-hydroxylation sites is 1. The quantitative estimate of drug-likeness (QED) is 0.158. The van der Waals surface area contributed by atoms with Gasteiger partial charge in [0.2, 0.25) is 0 Å². The van der Waals surface area contributed by atoms with E-state index in [1.54, 1.807) is 0 Å². The molecule has 58 heavy (non-hydrogen) atoms. The molecule has 3 aliphatic carbocycles. The fourth-order valence-electron chi connectivity index (χ4n) is 10.9. The maximum absolute atomic E-state index is 3.03. The second-order valence-electron chi connectivity index (χ2n) is 15.8. The molecule has 0 radical (unpaired) electrons. The Morgan fingerprint density at radius 3 is 1.09 bits per heavy atom. The molecule has 9 aromatic rings. The fraction of sp³-hybridized carbons (Fsp3) is 0.0357. The van der Waals surface area contributed by atoms with Gasteiger partial charge in [0, 0.05) is 11.4 Å². The first-order valence-corrected chi connectivity index (χ1v) is 20.7. The van der Waals surface area contributed by atoms with Gasteiger partial charge in [0.25, 0.3) is 0 Å². The molecule has 0 bridgehead atoms. The van der Waals surface area contributed by atoms with E-state index in [0.29, 0.717) is 0 Å². The average Bonchev–Trinajstić information content (AvgIpc) is 3.88. The Balaban J connectivity index is 1.14. The Hall–Kier alpha value is -6.79. The Bertz CT molecular complexity index is 2880. The zero-order chi connectivity index (χ0) is 38.4. The average molecular weight is 756 g/mol. The molecule has 0 aliphatic heterocycles. The van der Waals surface area contributed by atoms with E-state index in [1.807, 2.05) is 0 Å². The van der Waals surface area contributed by atoms with Crippen LogP contribution in [0.15, 0.2) is 218 Å². The third kappa shape index (κ3) is 4.35. The van der Waals surface area contributed by atoms with E-state index in [0.717, 1.165) is 22.4 Å². The van der Waals surface area contributed by atoms with Crippen molar-refractivity contribution in [2.75, 3.05) is 4.90 Å². The number of fused-ring (bicyclic) bond motifs is 13. The SMILES string of the molecule is Pc1ccccc1N(c1ccc2c(c1)C(c1ccccc1)(c1ccccc1)c1ccccc1-2)c1ccc2c(c1)C1(c3ccccc3-c3ccccc31)c1ccccc1-2. The molecule has 1 unspecified atom stereocenters. The largest absolute Gasteiger partial charge is 0.310 e. The molecule has 9 aromatic carbocycles. The van der Waals surface area contributed by atoms with Crippen molar-refractivity contribution in [3.63, 3.8) is 0 Å². The highest BCUT2D eigenvalue weighted by Gasteiger charge is 2.52. The molecule has 2 heteroatoms. The summed E-state index contributed by atoms with van der Waals surface area (Å²) < 4.78 is 0. The van der Waals surface area contributed by atoms with Crippen molar-refractivity contribution in [1.82, 2.24) is 0 Å². The number of nitrogens with zero attached hydrogens (tertiary/aromatic N) is 1. The van der Waals surface area contributed by atoms with Crippen LogP contribution in [0.2, 0.25) is 0 Å². The molecule has 0 saturated carbocycles. The summed E-state index contributed by atoms with van der Waals surface area (Å²) in [4.78, 5) is 2.48. The van der Waals surface area contributed by atoms with Crippen molar-refractivity contribution in [3.05, 3.63) is 263 Å². The molecule has 0 heterocycles. The highest BCUT2D eigenvalue weighted by Crippen LogP contribution is 2.63. The lowest BCUT2D eigenvalue weighted by Gasteiger charge is -2.35. The first kappa shape index (κ1) is 33.4. The molecule has 12 rings (SSSR count). The van der Waals surface area contributed by atoms with Crippen LogP contribution in [0, 0.1) is 0 Å². The predicted octanol–water partition coefficient (Wildman–Crippen LogP) is 13.4. The van der Waals surface area contributed by atoms with Crippen LogP contribution in [0.25, 0.3) is 33.4 Å². The van der Waals surface area contributed by atoms with E-state index in [4.69, 9.17) is 0 Å². The highest BCUT2D eigenvalue weighted by atomic mass is 31.0. The number of anilines is 3. The molecule has 0 amide bonds. The van der Waals surface area contributed by atoms with Crippen LogP contribution in [0.3, 0.4) is 0 Å². The Labute approximate surface area is 342 Å². The van der Waals surface area contributed by atoms with Crippen LogP contribution in [0.4, 0.5) is 17.1 Å². The van der Waals surface area contributed by atoms with Crippen LogP contribution >= 0.6 is 9.24 Å². The minimum absolute atomic E-state index is 0.434. The summed E-state index contributed by atoms with van der Waals surface area (Å²) in [6.45, 7) is 0. The van der Waals surface area contributed by atoms with Gasteiger partial charge in [0.15, 0.2) is 0 Å². The second kappa shape index (κ2) is 12.6. The van der Waals surface area contributed by atoms with Gasteiger partial charge in [0.05, 0.1) is 16.5 Å². The van der Waals surface area contributed by atoms with Crippen molar-refractivity contribution >= 4 is 31.6 Å². The predicted molar refractivity (Wildman–Crippen MR) is 244 cm³/mol. The van der Waals surface area contributed by atoms with Gasteiger partial charge in [-0.25, -0.2) is 0 Å².